The number of likely N-dealkylation sites (tertiary alicyclic amines) is 1. The first kappa shape index (κ1) is 21.8. The van der Waals surface area contributed by atoms with Crippen LogP contribution in [0, 0.1) is 11.8 Å². The summed E-state index contributed by atoms with van der Waals surface area (Å²) in [6.45, 7) is 2.42. The van der Waals surface area contributed by atoms with Gasteiger partial charge in [0.2, 0.25) is 0 Å². The summed E-state index contributed by atoms with van der Waals surface area (Å²) >= 11 is 5.82. The van der Waals surface area contributed by atoms with Gasteiger partial charge in [0, 0.05) is 31.7 Å². The Hall–Kier alpha value is -0.540. The minimum Gasteiger partial charge on any atom is -0.355 e. The molecule has 2 unspecified atom stereocenters. The Bertz CT molecular complexity index is 710. The van der Waals surface area contributed by atoms with E-state index in [0.29, 0.717) is 16.5 Å². The van der Waals surface area contributed by atoms with Crippen LogP contribution in [0.1, 0.15) is 25.7 Å². The van der Waals surface area contributed by atoms with Crippen molar-refractivity contribution in [3.8, 4) is 0 Å². The molecular formula is C18H27ClIN3O2S. The molecule has 1 heterocycles. The molecule has 1 saturated heterocycles. The normalized spacial score (nSPS) is 23.3. The van der Waals surface area contributed by atoms with Crippen LogP contribution in [0.5, 0.6) is 0 Å². The molecule has 2 fully saturated rings. The molecule has 0 bridgehead atoms. The van der Waals surface area contributed by atoms with Crippen LogP contribution in [0.3, 0.4) is 0 Å². The van der Waals surface area contributed by atoms with Gasteiger partial charge in [-0.25, -0.2) is 8.42 Å². The van der Waals surface area contributed by atoms with Crippen molar-refractivity contribution >= 4 is 51.4 Å². The van der Waals surface area contributed by atoms with Gasteiger partial charge in [-0.3, -0.25) is 4.99 Å². The van der Waals surface area contributed by atoms with Crippen molar-refractivity contribution in [2.75, 3.05) is 32.4 Å². The van der Waals surface area contributed by atoms with Gasteiger partial charge in [0.25, 0.3) is 0 Å². The lowest BCUT2D eigenvalue weighted by molar-refractivity contribution is 0.299. The molecule has 26 heavy (non-hydrogen) atoms. The van der Waals surface area contributed by atoms with Crippen molar-refractivity contribution in [2.24, 2.45) is 16.8 Å². The van der Waals surface area contributed by atoms with E-state index in [4.69, 9.17) is 11.6 Å². The minimum absolute atomic E-state index is 0. The summed E-state index contributed by atoms with van der Waals surface area (Å²) in [5.41, 5.74) is 0. The number of nitrogens with zero attached hydrogens (tertiary/aromatic N) is 2. The van der Waals surface area contributed by atoms with Crippen molar-refractivity contribution in [3.63, 3.8) is 0 Å². The molecule has 8 heteroatoms. The van der Waals surface area contributed by atoms with Gasteiger partial charge in [0.1, 0.15) is 0 Å². The fourth-order valence-electron chi connectivity index (χ4n) is 3.97. The fourth-order valence-corrected chi connectivity index (χ4v) is 5.25. The Kier molecular flexibility index (Phi) is 8.03. The third-order valence-corrected chi connectivity index (χ3v) is 7.30. The lowest BCUT2D eigenvalue weighted by Crippen LogP contribution is -2.42. The third-order valence-electron chi connectivity index (χ3n) is 5.31. The van der Waals surface area contributed by atoms with Gasteiger partial charge < -0.3 is 10.2 Å². The smallest absolute Gasteiger partial charge is 0.193 e. The van der Waals surface area contributed by atoms with Gasteiger partial charge in [0.15, 0.2) is 15.8 Å². The molecule has 1 N–H and O–H groups in total. The molecule has 5 nitrogen and oxygen atoms in total. The Morgan fingerprint density at radius 1 is 1.19 bits per heavy atom. The number of benzene rings is 1. The fraction of sp³-hybridized carbons (Fsp3) is 0.611. The molecule has 146 valence electrons. The van der Waals surface area contributed by atoms with Gasteiger partial charge in [-0.15, -0.1) is 24.0 Å². The number of aliphatic imine (C=N–C) groups is 1. The largest absolute Gasteiger partial charge is 0.355 e. The van der Waals surface area contributed by atoms with Crippen molar-refractivity contribution in [1.82, 2.24) is 10.2 Å². The molecule has 0 aromatic heterocycles. The zero-order valence-electron chi connectivity index (χ0n) is 15.0. The first-order valence-electron chi connectivity index (χ1n) is 8.93. The van der Waals surface area contributed by atoms with Crippen LogP contribution in [-0.4, -0.2) is 51.7 Å². The van der Waals surface area contributed by atoms with Gasteiger partial charge in [0.05, 0.1) is 10.6 Å². The molecule has 1 aromatic rings. The van der Waals surface area contributed by atoms with E-state index in [-0.39, 0.29) is 29.7 Å². The van der Waals surface area contributed by atoms with Crippen molar-refractivity contribution in [3.05, 3.63) is 29.3 Å². The SMILES string of the molecule is CN=C(NCCS(=O)(=O)c1ccc(Cl)cc1)N1CC2CCCCC2C1.I. The zero-order chi connectivity index (χ0) is 17.9. The summed E-state index contributed by atoms with van der Waals surface area (Å²) in [6, 6.07) is 6.31. The van der Waals surface area contributed by atoms with Crippen LogP contribution < -0.4 is 5.32 Å². The molecular weight excluding hydrogens is 485 g/mol. The van der Waals surface area contributed by atoms with E-state index in [9.17, 15) is 8.42 Å². The summed E-state index contributed by atoms with van der Waals surface area (Å²) in [5.74, 6) is 2.39. The van der Waals surface area contributed by atoms with Crippen molar-refractivity contribution < 1.29 is 8.42 Å². The number of hydrogen-bond donors (Lipinski definition) is 1. The van der Waals surface area contributed by atoms with Crippen LogP contribution in [0.2, 0.25) is 5.02 Å². The van der Waals surface area contributed by atoms with Gasteiger partial charge in [-0.05, 0) is 48.9 Å². The monoisotopic (exact) mass is 511 g/mol. The lowest BCUT2D eigenvalue weighted by Gasteiger charge is -2.22. The number of nitrogens with one attached hydrogen (secondary N) is 1. The molecule has 0 amide bonds. The third kappa shape index (κ3) is 5.25. The highest BCUT2D eigenvalue weighted by molar-refractivity contribution is 14.0. The zero-order valence-corrected chi connectivity index (χ0v) is 18.9. The predicted molar refractivity (Wildman–Crippen MR) is 117 cm³/mol. The van der Waals surface area contributed by atoms with E-state index < -0.39 is 9.84 Å². The molecule has 1 aliphatic heterocycles. The first-order chi connectivity index (χ1) is 12.0. The molecule has 0 radical (unpaired) electrons. The van der Waals surface area contributed by atoms with Gasteiger partial charge in [-0.2, -0.15) is 0 Å². The maximum Gasteiger partial charge on any atom is 0.193 e. The number of hydrogen-bond acceptors (Lipinski definition) is 3. The summed E-state index contributed by atoms with van der Waals surface area (Å²) in [5, 5.41) is 3.76. The molecule has 1 aromatic carbocycles. The standard InChI is InChI=1S/C18H26ClN3O2S.HI/c1-20-18(22-12-14-4-2-3-5-15(14)13-22)21-10-11-25(23,24)17-8-6-16(19)7-9-17;/h6-9,14-15H,2-5,10-13H2,1H3,(H,20,21);1H. The van der Waals surface area contributed by atoms with E-state index in [1.807, 2.05) is 0 Å². The number of fused-ring (bicyclic) bond motifs is 1. The van der Waals surface area contributed by atoms with Crippen LogP contribution in [0.4, 0.5) is 0 Å². The molecule has 2 atom stereocenters. The molecule has 1 saturated carbocycles. The van der Waals surface area contributed by atoms with Crippen LogP contribution in [-0.2, 0) is 9.84 Å². The Morgan fingerprint density at radius 3 is 2.31 bits per heavy atom. The highest BCUT2D eigenvalue weighted by Gasteiger charge is 2.35. The molecule has 3 rings (SSSR count). The second-order valence-electron chi connectivity index (χ2n) is 6.96. The highest BCUT2D eigenvalue weighted by atomic mass is 127. The van der Waals surface area contributed by atoms with Crippen molar-refractivity contribution in [1.29, 1.82) is 0 Å². The summed E-state index contributed by atoms with van der Waals surface area (Å²) in [6.07, 6.45) is 5.28. The second-order valence-corrected chi connectivity index (χ2v) is 9.50. The van der Waals surface area contributed by atoms with Crippen molar-refractivity contribution in [2.45, 2.75) is 30.6 Å². The maximum atomic E-state index is 12.4. The average molecular weight is 512 g/mol. The summed E-state index contributed by atoms with van der Waals surface area (Å²) < 4.78 is 24.8. The molecule has 0 spiro atoms. The van der Waals surface area contributed by atoms with Crippen LogP contribution >= 0.6 is 35.6 Å². The van der Waals surface area contributed by atoms with E-state index >= 15 is 0 Å². The second kappa shape index (κ2) is 9.59. The number of rotatable bonds is 4. The summed E-state index contributed by atoms with van der Waals surface area (Å²) in [4.78, 5) is 6.94. The Labute approximate surface area is 178 Å². The Morgan fingerprint density at radius 2 is 1.77 bits per heavy atom. The van der Waals surface area contributed by atoms with E-state index in [1.54, 1.807) is 31.3 Å². The number of halogens is 2. The predicted octanol–water partition coefficient (Wildman–Crippen LogP) is 3.43. The van der Waals surface area contributed by atoms with E-state index in [1.165, 1.54) is 25.7 Å². The maximum absolute atomic E-state index is 12.4. The first-order valence-corrected chi connectivity index (χ1v) is 11.0. The van der Waals surface area contributed by atoms with E-state index in [0.717, 1.165) is 30.9 Å². The molecule has 2 aliphatic rings. The number of sulfone groups is 1. The van der Waals surface area contributed by atoms with Gasteiger partial charge in [-0.1, -0.05) is 24.4 Å². The van der Waals surface area contributed by atoms with Gasteiger partial charge >= 0.3 is 0 Å². The highest BCUT2D eigenvalue weighted by Crippen LogP contribution is 2.35. The van der Waals surface area contributed by atoms with E-state index in [2.05, 4.69) is 15.2 Å². The Balaban J connectivity index is 0.00000243. The summed E-state index contributed by atoms with van der Waals surface area (Å²) in [7, 11) is -1.56. The molecule has 1 aliphatic carbocycles. The van der Waals surface area contributed by atoms with Crippen LogP contribution in [0.15, 0.2) is 34.2 Å². The average Bonchev–Trinajstić information content (AvgIpc) is 3.03. The lowest BCUT2D eigenvalue weighted by atomic mass is 9.82. The minimum atomic E-state index is -3.32. The quantitative estimate of drug-likeness (QED) is 0.382. The van der Waals surface area contributed by atoms with Crippen LogP contribution in [0.25, 0.3) is 0 Å². The topological polar surface area (TPSA) is 61.8 Å². The number of guanidine groups is 1.